The maximum atomic E-state index is 13.4. The fraction of sp³-hybridized carbons (Fsp3) is 0.440. The van der Waals surface area contributed by atoms with Crippen molar-refractivity contribution in [2.45, 2.75) is 69.0 Å². The molecule has 33 heavy (non-hydrogen) atoms. The monoisotopic (exact) mass is 526 g/mol. The van der Waals surface area contributed by atoms with E-state index in [1.807, 2.05) is 37.3 Å². The largest absolute Gasteiger partial charge is 0.352 e. The number of hydrogen-bond donors (Lipinski definition) is 1. The van der Waals surface area contributed by atoms with Gasteiger partial charge in [-0.1, -0.05) is 60.6 Å². The van der Waals surface area contributed by atoms with Crippen molar-refractivity contribution in [2.24, 2.45) is 0 Å². The van der Waals surface area contributed by atoms with Gasteiger partial charge in [0.2, 0.25) is 11.8 Å². The Balaban J connectivity index is 1.72. The van der Waals surface area contributed by atoms with Gasteiger partial charge in [0.25, 0.3) is 0 Å². The Morgan fingerprint density at radius 2 is 1.73 bits per heavy atom. The quantitative estimate of drug-likeness (QED) is 0.339. The maximum absolute atomic E-state index is 13.4. The van der Waals surface area contributed by atoms with Crippen LogP contribution in [0.1, 0.15) is 51.0 Å². The summed E-state index contributed by atoms with van der Waals surface area (Å²) in [5.74, 6) is 0.440. The third kappa shape index (κ3) is 7.81. The zero-order chi connectivity index (χ0) is 23.8. The van der Waals surface area contributed by atoms with Gasteiger partial charge in [-0.05, 0) is 61.2 Å². The molecule has 4 nitrogen and oxygen atoms in total. The van der Waals surface area contributed by atoms with Gasteiger partial charge in [-0.25, -0.2) is 0 Å². The Labute approximate surface area is 215 Å². The molecular weight excluding hydrogens is 499 g/mol. The fourth-order valence-corrected chi connectivity index (χ4v) is 5.49. The van der Waals surface area contributed by atoms with Crippen molar-refractivity contribution in [3.05, 3.63) is 63.1 Å². The molecule has 1 saturated carbocycles. The first-order valence-corrected chi connectivity index (χ1v) is 13.4. The average Bonchev–Trinajstić information content (AvgIpc) is 3.29. The summed E-state index contributed by atoms with van der Waals surface area (Å²) < 4.78 is 0. The highest BCUT2D eigenvalue weighted by Gasteiger charge is 2.30. The maximum Gasteiger partial charge on any atom is 0.243 e. The van der Waals surface area contributed by atoms with Crippen LogP contribution in [0.15, 0.2) is 47.4 Å². The number of carbonyl (C=O) groups excluding carboxylic acids is 2. The molecule has 0 radical (unpaired) electrons. The minimum atomic E-state index is -0.551. The number of benzene rings is 2. The van der Waals surface area contributed by atoms with Gasteiger partial charge in [0.15, 0.2) is 0 Å². The highest BCUT2D eigenvalue weighted by Crippen LogP contribution is 2.26. The van der Waals surface area contributed by atoms with E-state index in [9.17, 15) is 9.59 Å². The molecule has 1 aliphatic rings. The summed E-state index contributed by atoms with van der Waals surface area (Å²) in [5, 5.41) is 4.86. The molecule has 0 aliphatic heterocycles. The Morgan fingerprint density at radius 3 is 2.36 bits per heavy atom. The molecule has 3 rings (SSSR count). The number of halogens is 3. The molecule has 0 aromatic heterocycles. The third-order valence-corrected chi connectivity index (χ3v) is 7.69. The molecule has 0 heterocycles. The van der Waals surface area contributed by atoms with Crippen LogP contribution in [0.4, 0.5) is 0 Å². The fourth-order valence-electron chi connectivity index (χ4n) is 4.05. The van der Waals surface area contributed by atoms with Crippen molar-refractivity contribution >= 4 is 58.4 Å². The zero-order valence-corrected chi connectivity index (χ0v) is 21.7. The number of carbonyl (C=O) groups is 2. The van der Waals surface area contributed by atoms with Crippen LogP contribution >= 0.6 is 46.6 Å². The molecule has 0 spiro atoms. The number of hydrogen-bond acceptors (Lipinski definition) is 3. The minimum absolute atomic E-state index is 0.0732. The van der Waals surface area contributed by atoms with Crippen molar-refractivity contribution < 1.29 is 9.59 Å². The molecule has 0 bridgehead atoms. The summed E-state index contributed by atoms with van der Waals surface area (Å²) in [6, 6.07) is 12.4. The first-order valence-electron chi connectivity index (χ1n) is 11.3. The molecular formula is C25H29Cl3N2O2S. The van der Waals surface area contributed by atoms with Gasteiger partial charge in [-0.15, -0.1) is 11.8 Å². The molecule has 2 amide bonds. The SMILES string of the molecule is CCC(C(=O)NC1CCCC1)N(Cc1ccc(Cl)cc1Cl)C(=O)CCSc1ccc(Cl)cc1. The van der Waals surface area contributed by atoms with E-state index >= 15 is 0 Å². The van der Waals surface area contributed by atoms with E-state index in [-0.39, 0.29) is 24.4 Å². The number of rotatable bonds is 10. The van der Waals surface area contributed by atoms with Crippen molar-refractivity contribution in [3.63, 3.8) is 0 Å². The van der Waals surface area contributed by atoms with Crippen LogP contribution in [-0.2, 0) is 16.1 Å². The van der Waals surface area contributed by atoms with Crippen molar-refractivity contribution in [2.75, 3.05) is 5.75 Å². The van der Waals surface area contributed by atoms with E-state index in [2.05, 4.69) is 5.32 Å². The first-order chi connectivity index (χ1) is 15.9. The van der Waals surface area contributed by atoms with Crippen LogP contribution in [-0.4, -0.2) is 34.6 Å². The molecule has 2 aromatic carbocycles. The van der Waals surface area contributed by atoms with Gasteiger partial charge < -0.3 is 10.2 Å². The summed E-state index contributed by atoms with van der Waals surface area (Å²) >= 11 is 20.0. The Kier molecular flexibility index (Phi) is 10.2. The van der Waals surface area contributed by atoms with Gasteiger partial charge in [0.1, 0.15) is 6.04 Å². The number of thioether (sulfide) groups is 1. The second-order valence-corrected chi connectivity index (χ2v) is 10.7. The summed E-state index contributed by atoms with van der Waals surface area (Å²) in [6.45, 7) is 2.20. The highest BCUT2D eigenvalue weighted by molar-refractivity contribution is 7.99. The predicted molar refractivity (Wildman–Crippen MR) is 138 cm³/mol. The van der Waals surface area contributed by atoms with Crippen LogP contribution in [0, 0.1) is 0 Å². The number of nitrogens with zero attached hydrogens (tertiary/aromatic N) is 1. The molecule has 1 aliphatic carbocycles. The van der Waals surface area contributed by atoms with Gasteiger partial charge in [-0.3, -0.25) is 9.59 Å². The lowest BCUT2D eigenvalue weighted by Crippen LogP contribution is -2.51. The van der Waals surface area contributed by atoms with E-state index in [4.69, 9.17) is 34.8 Å². The summed E-state index contributed by atoms with van der Waals surface area (Å²) in [6.07, 6.45) is 5.10. The highest BCUT2D eigenvalue weighted by atomic mass is 35.5. The topological polar surface area (TPSA) is 49.4 Å². The molecule has 2 aromatic rings. The van der Waals surface area contributed by atoms with Crippen LogP contribution < -0.4 is 5.32 Å². The van der Waals surface area contributed by atoms with Crippen molar-refractivity contribution in [1.82, 2.24) is 10.2 Å². The Hall–Kier alpha value is -1.40. The number of amides is 2. The normalized spacial score (nSPS) is 14.8. The molecule has 1 fully saturated rings. The second kappa shape index (κ2) is 12.9. The molecule has 0 saturated heterocycles. The van der Waals surface area contributed by atoms with Gasteiger partial charge in [0, 0.05) is 44.7 Å². The van der Waals surface area contributed by atoms with E-state index in [1.54, 1.807) is 28.8 Å². The lowest BCUT2D eigenvalue weighted by Gasteiger charge is -2.32. The first kappa shape index (κ1) is 26.2. The number of nitrogens with one attached hydrogen (secondary N) is 1. The molecule has 1 atom stereocenters. The van der Waals surface area contributed by atoms with Crippen molar-refractivity contribution in [1.29, 1.82) is 0 Å². The van der Waals surface area contributed by atoms with Crippen LogP contribution in [0.3, 0.4) is 0 Å². The lowest BCUT2D eigenvalue weighted by atomic mass is 10.1. The smallest absolute Gasteiger partial charge is 0.243 e. The van der Waals surface area contributed by atoms with Crippen molar-refractivity contribution in [3.8, 4) is 0 Å². The second-order valence-electron chi connectivity index (χ2n) is 8.22. The van der Waals surface area contributed by atoms with Gasteiger partial charge in [0.05, 0.1) is 0 Å². The standard InChI is InChI=1S/C25H29Cl3N2O2S/c1-2-23(25(32)29-20-5-3-4-6-20)30(16-17-7-8-19(27)15-22(17)28)24(31)13-14-33-21-11-9-18(26)10-12-21/h7-12,15,20,23H,2-6,13-14,16H2,1H3,(H,29,32). The van der Waals surface area contributed by atoms with Gasteiger partial charge >= 0.3 is 0 Å². The summed E-state index contributed by atoms with van der Waals surface area (Å²) in [4.78, 5) is 29.2. The molecule has 1 unspecified atom stereocenters. The molecule has 1 N–H and O–H groups in total. The van der Waals surface area contributed by atoms with Crippen LogP contribution in [0.25, 0.3) is 0 Å². The predicted octanol–water partition coefficient (Wildman–Crippen LogP) is 7.00. The van der Waals surface area contributed by atoms with E-state index in [1.165, 1.54) is 0 Å². The van der Waals surface area contributed by atoms with Gasteiger partial charge in [-0.2, -0.15) is 0 Å². The Bertz CT molecular complexity index is 949. The van der Waals surface area contributed by atoms with Crippen LogP contribution in [0.5, 0.6) is 0 Å². The molecule has 8 heteroatoms. The average molecular weight is 528 g/mol. The summed E-state index contributed by atoms with van der Waals surface area (Å²) in [7, 11) is 0. The van der Waals surface area contributed by atoms with E-state index in [0.717, 1.165) is 36.1 Å². The van der Waals surface area contributed by atoms with Crippen LogP contribution in [0.2, 0.25) is 15.1 Å². The molecule has 178 valence electrons. The Morgan fingerprint density at radius 1 is 1.06 bits per heavy atom. The third-order valence-electron chi connectivity index (χ3n) is 5.84. The minimum Gasteiger partial charge on any atom is -0.352 e. The zero-order valence-electron chi connectivity index (χ0n) is 18.7. The summed E-state index contributed by atoms with van der Waals surface area (Å²) in [5.41, 5.74) is 0.770. The lowest BCUT2D eigenvalue weighted by molar-refractivity contribution is -0.141. The van der Waals surface area contributed by atoms with E-state index in [0.29, 0.717) is 33.7 Å². The van der Waals surface area contributed by atoms with E-state index < -0.39 is 6.04 Å².